The van der Waals surface area contributed by atoms with E-state index >= 15 is 0 Å². The highest BCUT2D eigenvalue weighted by atomic mass is 32.1. The van der Waals surface area contributed by atoms with Gasteiger partial charge in [0.2, 0.25) is 0 Å². The second kappa shape index (κ2) is 5.13. The van der Waals surface area contributed by atoms with Crippen LogP contribution < -0.4 is 5.56 Å². The number of hydrogen-bond donors (Lipinski definition) is 1. The molecule has 0 fully saturated rings. The second-order valence-corrected chi connectivity index (χ2v) is 5.17. The van der Waals surface area contributed by atoms with Crippen LogP contribution in [0.4, 0.5) is 0 Å². The molecule has 2 aromatic rings. The van der Waals surface area contributed by atoms with Crippen LogP contribution in [0.15, 0.2) is 16.9 Å². The fourth-order valence-corrected chi connectivity index (χ4v) is 2.48. The number of aromatic nitrogens is 4. The number of rotatable bonds is 3. The third-order valence-corrected chi connectivity index (χ3v) is 3.56. The highest BCUT2D eigenvalue weighted by Gasteiger charge is 2.14. The van der Waals surface area contributed by atoms with E-state index in [0.29, 0.717) is 28.6 Å². The molecule has 2 rings (SSSR count). The van der Waals surface area contributed by atoms with Crippen molar-refractivity contribution < 1.29 is 0 Å². The monoisotopic (exact) mass is 278 g/mol. The zero-order valence-electron chi connectivity index (χ0n) is 11.6. The van der Waals surface area contributed by atoms with E-state index < -0.39 is 0 Å². The van der Waals surface area contributed by atoms with Crippen molar-refractivity contribution >= 4 is 12.2 Å². The molecule has 0 bridgehead atoms. The molecular formula is C13H18N4OS. The Balaban J connectivity index is 2.68. The first-order valence-corrected chi connectivity index (χ1v) is 6.73. The van der Waals surface area contributed by atoms with Crippen LogP contribution in [0.25, 0.3) is 11.4 Å². The van der Waals surface area contributed by atoms with Crippen molar-refractivity contribution in [1.82, 2.24) is 19.3 Å². The quantitative estimate of drug-likeness (QED) is 0.877. The summed E-state index contributed by atoms with van der Waals surface area (Å²) in [4.78, 5) is 12.4. The number of nitrogens with one attached hydrogen (secondary N) is 1. The van der Waals surface area contributed by atoms with Gasteiger partial charge in [-0.05, 0) is 37.2 Å². The molecule has 0 aliphatic heterocycles. The van der Waals surface area contributed by atoms with Crippen LogP contribution in [0.5, 0.6) is 0 Å². The summed E-state index contributed by atoms with van der Waals surface area (Å²) in [6.07, 6.45) is 0. The fourth-order valence-electron chi connectivity index (χ4n) is 2.22. The molecule has 0 radical (unpaired) electrons. The molecule has 6 heteroatoms. The van der Waals surface area contributed by atoms with Gasteiger partial charge in [0.15, 0.2) is 10.6 Å². The molecule has 0 atom stereocenters. The Bertz CT molecular complexity index is 708. The predicted molar refractivity (Wildman–Crippen MR) is 77.9 cm³/mol. The van der Waals surface area contributed by atoms with Gasteiger partial charge < -0.3 is 9.13 Å². The molecule has 0 amide bonds. The molecule has 0 aliphatic carbocycles. The third-order valence-electron chi connectivity index (χ3n) is 3.25. The molecule has 2 heterocycles. The minimum atomic E-state index is -0.0464. The summed E-state index contributed by atoms with van der Waals surface area (Å²) in [5.41, 5.74) is 1.53. The van der Waals surface area contributed by atoms with Gasteiger partial charge in [0.25, 0.3) is 5.56 Å². The first kappa shape index (κ1) is 13.7. The van der Waals surface area contributed by atoms with Crippen LogP contribution in [0.1, 0.15) is 32.4 Å². The first-order chi connectivity index (χ1) is 8.97. The van der Waals surface area contributed by atoms with Crippen molar-refractivity contribution in [1.29, 1.82) is 0 Å². The van der Waals surface area contributed by atoms with E-state index in [-0.39, 0.29) is 5.56 Å². The molecule has 1 N–H and O–H groups in total. The summed E-state index contributed by atoms with van der Waals surface area (Å²) in [6, 6.07) is 3.80. The van der Waals surface area contributed by atoms with Crippen molar-refractivity contribution in [2.45, 2.75) is 33.2 Å². The summed E-state index contributed by atoms with van der Waals surface area (Å²) >= 11 is 5.15. The van der Waals surface area contributed by atoms with Crippen LogP contribution in [0.3, 0.4) is 0 Å². The maximum Gasteiger partial charge on any atom is 0.261 e. The maximum absolute atomic E-state index is 12.4. The summed E-state index contributed by atoms with van der Waals surface area (Å²) < 4.78 is 4.03. The molecular weight excluding hydrogens is 260 g/mol. The molecule has 0 aliphatic rings. The van der Waals surface area contributed by atoms with Crippen LogP contribution in [-0.4, -0.2) is 19.3 Å². The lowest BCUT2D eigenvalue weighted by molar-refractivity contribution is 0.703. The van der Waals surface area contributed by atoms with Gasteiger partial charge >= 0.3 is 0 Å². The lowest BCUT2D eigenvalue weighted by Gasteiger charge is -2.13. The van der Waals surface area contributed by atoms with Gasteiger partial charge in [-0.15, -0.1) is 0 Å². The largest absolute Gasteiger partial charge is 0.315 e. The van der Waals surface area contributed by atoms with E-state index in [4.69, 9.17) is 12.2 Å². The summed E-state index contributed by atoms with van der Waals surface area (Å²) in [5, 5.41) is 6.90. The zero-order chi connectivity index (χ0) is 14.2. The van der Waals surface area contributed by atoms with Gasteiger partial charge in [0.1, 0.15) is 0 Å². The summed E-state index contributed by atoms with van der Waals surface area (Å²) in [5.74, 6) is 0.905. The minimum Gasteiger partial charge on any atom is -0.315 e. The molecule has 2 aromatic heterocycles. The van der Waals surface area contributed by atoms with E-state index in [2.05, 4.69) is 24.0 Å². The summed E-state index contributed by atoms with van der Waals surface area (Å²) in [7, 11) is 1.79. The van der Waals surface area contributed by atoms with E-state index in [1.807, 2.05) is 23.6 Å². The number of hydrogen-bond acceptors (Lipinski definition) is 3. The van der Waals surface area contributed by atoms with Crippen LogP contribution >= 0.6 is 12.2 Å². The Labute approximate surface area is 116 Å². The molecule has 0 spiro atoms. The lowest BCUT2D eigenvalue weighted by atomic mass is 10.1. The number of pyridine rings is 1. The minimum absolute atomic E-state index is 0.0464. The predicted octanol–water partition coefficient (Wildman–Crippen LogP) is 2.45. The Hall–Kier alpha value is -1.69. The number of nitrogens with zero attached hydrogens (tertiary/aromatic N) is 3. The SMILES string of the molecule is CCn1c(-c2ccc(C(C)C)n(C)c2=O)n[nH]c1=S. The molecule has 19 heavy (non-hydrogen) atoms. The Morgan fingerprint density at radius 3 is 2.68 bits per heavy atom. The van der Waals surface area contributed by atoms with Gasteiger partial charge in [-0.3, -0.25) is 9.89 Å². The highest BCUT2D eigenvalue weighted by molar-refractivity contribution is 7.71. The van der Waals surface area contributed by atoms with Crippen LogP contribution in [0.2, 0.25) is 0 Å². The van der Waals surface area contributed by atoms with Crippen molar-refractivity contribution in [3.63, 3.8) is 0 Å². The zero-order valence-corrected chi connectivity index (χ0v) is 12.4. The van der Waals surface area contributed by atoms with Gasteiger partial charge in [0.05, 0.1) is 5.56 Å². The summed E-state index contributed by atoms with van der Waals surface area (Å²) in [6.45, 7) is 6.79. The maximum atomic E-state index is 12.4. The Kier molecular flexibility index (Phi) is 3.71. The van der Waals surface area contributed by atoms with Gasteiger partial charge in [-0.1, -0.05) is 13.8 Å². The topological polar surface area (TPSA) is 55.6 Å². The van der Waals surface area contributed by atoms with E-state index in [9.17, 15) is 4.79 Å². The second-order valence-electron chi connectivity index (χ2n) is 4.79. The van der Waals surface area contributed by atoms with E-state index in [1.54, 1.807) is 11.6 Å². The smallest absolute Gasteiger partial charge is 0.261 e. The standard InChI is InChI=1S/C13H18N4OS/c1-5-17-11(14-15-13(17)19)9-6-7-10(8(2)3)16(4)12(9)18/h6-8H,5H2,1-4H3,(H,15,19). The van der Waals surface area contributed by atoms with Crippen molar-refractivity contribution in [3.8, 4) is 11.4 Å². The normalized spacial score (nSPS) is 11.2. The van der Waals surface area contributed by atoms with E-state index in [0.717, 1.165) is 5.69 Å². The molecule has 5 nitrogen and oxygen atoms in total. The van der Waals surface area contributed by atoms with Crippen molar-refractivity contribution in [3.05, 3.63) is 33.0 Å². The molecule has 0 unspecified atom stereocenters. The van der Waals surface area contributed by atoms with Crippen molar-refractivity contribution in [2.75, 3.05) is 0 Å². The van der Waals surface area contributed by atoms with E-state index in [1.165, 1.54) is 0 Å². The molecule has 0 saturated heterocycles. The van der Waals surface area contributed by atoms with Crippen LogP contribution in [-0.2, 0) is 13.6 Å². The van der Waals surface area contributed by atoms with Crippen molar-refractivity contribution in [2.24, 2.45) is 7.05 Å². The number of aromatic amines is 1. The third kappa shape index (κ3) is 2.28. The van der Waals surface area contributed by atoms with Gasteiger partial charge in [-0.25, -0.2) is 0 Å². The van der Waals surface area contributed by atoms with Crippen LogP contribution in [0, 0.1) is 4.77 Å². The molecule has 102 valence electrons. The highest BCUT2D eigenvalue weighted by Crippen LogP contribution is 2.17. The Morgan fingerprint density at radius 1 is 1.42 bits per heavy atom. The lowest BCUT2D eigenvalue weighted by Crippen LogP contribution is -2.23. The van der Waals surface area contributed by atoms with Gasteiger partial charge in [0, 0.05) is 19.3 Å². The number of H-pyrrole nitrogens is 1. The fraction of sp³-hybridized carbons (Fsp3) is 0.462. The first-order valence-electron chi connectivity index (χ1n) is 6.32. The average Bonchev–Trinajstić information content (AvgIpc) is 2.73. The Morgan fingerprint density at radius 2 is 2.11 bits per heavy atom. The molecule has 0 aromatic carbocycles. The average molecular weight is 278 g/mol. The molecule has 0 saturated carbocycles. The van der Waals surface area contributed by atoms with Gasteiger partial charge in [-0.2, -0.15) is 5.10 Å².